The van der Waals surface area contributed by atoms with E-state index in [9.17, 15) is 0 Å². The van der Waals surface area contributed by atoms with Crippen molar-refractivity contribution < 1.29 is 23.5 Å². The van der Waals surface area contributed by atoms with E-state index in [2.05, 4.69) is 84.5 Å². The number of aryl methyl sites for hydroxylation is 1. The van der Waals surface area contributed by atoms with E-state index in [1.165, 1.54) is 11.1 Å². The van der Waals surface area contributed by atoms with Crippen LogP contribution in [0.5, 0.6) is 23.0 Å². The SMILES string of the molecule is COc1cc2cc(-c3ccc(-c4ccccc4)cc3)c3c4ccc(OC)c(OC)c4c[n+](C)c3c2cc1OC. The van der Waals surface area contributed by atoms with Crippen LogP contribution < -0.4 is 23.5 Å². The van der Waals surface area contributed by atoms with E-state index in [0.29, 0.717) is 23.0 Å². The van der Waals surface area contributed by atoms with Crippen LogP contribution in [-0.4, -0.2) is 28.4 Å². The third kappa shape index (κ3) is 3.98. The van der Waals surface area contributed by atoms with Gasteiger partial charge in [-0.1, -0.05) is 54.6 Å². The minimum Gasteiger partial charge on any atom is -0.493 e. The van der Waals surface area contributed by atoms with Crippen LogP contribution in [0.3, 0.4) is 0 Å². The highest BCUT2D eigenvalue weighted by Gasteiger charge is 2.24. The van der Waals surface area contributed by atoms with Gasteiger partial charge in [-0.05, 0) is 58.0 Å². The summed E-state index contributed by atoms with van der Waals surface area (Å²) in [4.78, 5) is 0. The molecule has 5 nitrogen and oxygen atoms in total. The van der Waals surface area contributed by atoms with E-state index < -0.39 is 0 Å². The molecule has 0 fully saturated rings. The quantitative estimate of drug-likeness (QED) is 0.172. The van der Waals surface area contributed by atoms with Crippen LogP contribution >= 0.6 is 0 Å². The van der Waals surface area contributed by atoms with E-state index in [1.807, 2.05) is 18.2 Å². The second-order valence-corrected chi connectivity index (χ2v) is 9.52. The Kier molecular flexibility index (Phi) is 6.20. The van der Waals surface area contributed by atoms with E-state index in [-0.39, 0.29) is 0 Å². The normalized spacial score (nSPS) is 11.2. The van der Waals surface area contributed by atoms with Crippen LogP contribution in [0, 0.1) is 0 Å². The summed E-state index contributed by atoms with van der Waals surface area (Å²) in [7, 11) is 8.75. The Balaban J connectivity index is 1.74. The van der Waals surface area contributed by atoms with E-state index in [0.717, 1.165) is 43.6 Å². The Morgan fingerprint density at radius 1 is 0.538 bits per heavy atom. The number of nitrogens with zero attached hydrogens (tertiary/aromatic N) is 1. The van der Waals surface area contributed by atoms with Crippen LogP contribution in [0.1, 0.15) is 0 Å². The molecule has 0 aliphatic rings. The zero-order chi connectivity index (χ0) is 27.1. The molecule has 1 heterocycles. The number of ether oxygens (including phenoxy) is 4. The minimum absolute atomic E-state index is 0.693. The summed E-state index contributed by atoms with van der Waals surface area (Å²) in [6, 6.07) is 29.6. The Labute approximate surface area is 227 Å². The smallest absolute Gasteiger partial charge is 0.221 e. The summed E-state index contributed by atoms with van der Waals surface area (Å²) in [5, 5.41) is 5.33. The molecule has 0 aliphatic carbocycles. The zero-order valence-electron chi connectivity index (χ0n) is 22.7. The first-order valence-corrected chi connectivity index (χ1v) is 12.8. The van der Waals surface area contributed by atoms with Gasteiger partial charge in [0.05, 0.1) is 44.6 Å². The molecule has 0 radical (unpaired) electrons. The zero-order valence-corrected chi connectivity index (χ0v) is 22.7. The predicted octanol–water partition coefficient (Wildman–Crippen LogP) is 7.34. The average molecular weight is 517 g/mol. The fourth-order valence-electron chi connectivity index (χ4n) is 5.60. The number of methoxy groups -OCH3 is 4. The average Bonchev–Trinajstić information content (AvgIpc) is 2.99. The first kappa shape index (κ1) is 24.6. The first-order valence-electron chi connectivity index (χ1n) is 12.8. The van der Waals surface area contributed by atoms with Crippen molar-refractivity contribution in [3.63, 3.8) is 0 Å². The van der Waals surface area contributed by atoms with Crippen LogP contribution in [0.4, 0.5) is 0 Å². The van der Waals surface area contributed by atoms with Gasteiger partial charge in [0.2, 0.25) is 5.52 Å². The highest BCUT2D eigenvalue weighted by atomic mass is 16.5. The summed E-state index contributed by atoms with van der Waals surface area (Å²) >= 11 is 0. The Hall–Kier alpha value is -4.77. The molecule has 0 atom stereocenters. The van der Waals surface area contributed by atoms with Crippen molar-refractivity contribution in [2.45, 2.75) is 0 Å². The molecule has 0 spiro atoms. The van der Waals surface area contributed by atoms with Gasteiger partial charge in [-0.3, -0.25) is 0 Å². The molecule has 1 aromatic heterocycles. The van der Waals surface area contributed by atoms with Gasteiger partial charge in [0, 0.05) is 5.39 Å². The van der Waals surface area contributed by atoms with Crippen molar-refractivity contribution in [1.82, 2.24) is 0 Å². The third-order valence-corrected chi connectivity index (χ3v) is 7.45. The van der Waals surface area contributed by atoms with Gasteiger partial charge in [0.1, 0.15) is 7.05 Å². The lowest BCUT2D eigenvalue weighted by atomic mass is 9.91. The van der Waals surface area contributed by atoms with Crippen LogP contribution in [0.2, 0.25) is 0 Å². The van der Waals surface area contributed by atoms with Gasteiger partial charge in [0.15, 0.2) is 29.2 Å². The molecule has 6 rings (SSSR count). The second kappa shape index (κ2) is 9.84. The van der Waals surface area contributed by atoms with Crippen molar-refractivity contribution in [2.24, 2.45) is 7.05 Å². The lowest BCUT2D eigenvalue weighted by Gasteiger charge is -2.16. The Bertz CT molecular complexity index is 1840. The maximum absolute atomic E-state index is 5.84. The maximum Gasteiger partial charge on any atom is 0.221 e. The summed E-state index contributed by atoms with van der Waals surface area (Å²) in [6.07, 6.45) is 2.11. The topological polar surface area (TPSA) is 40.8 Å². The molecule has 194 valence electrons. The molecular formula is C34H30NO4+. The molecular weight excluding hydrogens is 486 g/mol. The number of pyridine rings is 1. The van der Waals surface area contributed by atoms with Crippen molar-refractivity contribution >= 4 is 32.4 Å². The first-order chi connectivity index (χ1) is 19.1. The molecule has 5 heteroatoms. The second-order valence-electron chi connectivity index (χ2n) is 9.52. The third-order valence-electron chi connectivity index (χ3n) is 7.45. The Morgan fingerprint density at radius 2 is 1.18 bits per heavy atom. The molecule has 6 aromatic rings. The number of fused-ring (bicyclic) bond motifs is 5. The minimum atomic E-state index is 0.693. The fourth-order valence-corrected chi connectivity index (χ4v) is 5.60. The van der Waals surface area contributed by atoms with Crippen molar-refractivity contribution in [3.8, 4) is 45.3 Å². The lowest BCUT2D eigenvalue weighted by Crippen LogP contribution is -2.29. The highest BCUT2D eigenvalue weighted by molar-refractivity contribution is 6.21. The summed E-state index contributed by atoms with van der Waals surface area (Å²) in [5.74, 6) is 2.80. The number of benzene rings is 5. The van der Waals surface area contributed by atoms with Crippen molar-refractivity contribution in [3.05, 3.63) is 91.1 Å². The van der Waals surface area contributed by atoms with Crippen molar-refractivity contribution in [1.29, 1.82) is 0 Å². The standard InChI is InChI=1S/C34H30NO4/c1-35-20-28-25(15-16-29(36-2)34(28)39-5)32-26(23-13-11-22(12-14-23)21-9-7-6-8-10-21)17-24-18-30(37-3)31(38-4)19-27(24)33(32)35/h6-20H,1-5H3/q+1. The van der Waals surface area contributed by atoms with Crippen molar-refractivity contribution in [2.75, 3.05) is 28.4 Å². The number of aromatic nitrogens is 1. The highest BCUT2D eigenvalue weighted by Crippen LogP contribution is 2.44. The summed E-state index contributed by atoms with van der Waals surface area (Å²) in [5.41, 5.74) is 5.71. The van der Waals surface area contributed by atoms with E-state index in [4.69, 9.17) is 18.9 Å². The fraction of sp³-hybridized carbons (Fsp3) is 0.147. The van der Waals surface area contributed by atoms with Crippen LogP contribution in [0.15, 0.2) is 91.1 Å². The molecule has 0 saturated carbocycles. The molecule has 0 saturated heterocycles. The molecule has 0 aliphatic heterocycles. The van der Waals surface area contributed by atoms with E-state index in [1.54, 1.807) is 28.4 Å². The predicted molar refractivity (Wildman–Crippen MR) is 157 cm³/mol. The maximum atomic E-state index is 5.84. The molecule has 0 unspecified atom stereocenters. The van der Waals surface area contributed by atoms with Gasteiger partial charge in [-0.2, -0.15) is 4.57 Å². The molecule has 5 aromatic carbocycles. The number of hydrogen-bond acceptors (Lipinski definition) is 4. The molecule has 0 bridgehead atoms. The molecule has 39 heavy (non-hydrogen) atoms. The lowest BCUT2D eigenvalue weighted by molar-refractivity contribution is -0.642. The van der Waals surface area contributed by atoms with Gasteiger partial charge in [-0.25, -0.2) is 0 Å². The van der Waals surface area contributed by atoms with Gasteiger partial charge in [-0.15, -0.1) is 0 Å². The van der Waals surface area contributed by atoms with Gasteiger partial charge >= 0.3 is 0 Å². The van der Waals surface area contributed by atoms with E-state index >= 15 is 0 Å². The molecule has 0 amide bonds. The van der Waals surface area contributed by atoms with Gasteiger partial charge in [0.25, 0.3) is 0 Å². The Morgan fingerprint density at radius 3 is 1.85 bits per heavy atom. The summed E-state index contributed by atoms with van der Waals surface area (Å²) in [6.45, 7) is 0. The van der Waals surface area contributed by atoms with Crippen LogP contribution in [0.25, 0.3) is 54.7 Å². The number of rotatable bonds is 6. The number of hydrogen-bond donors (Lipinski definition) is 0. The monoisotopic (exact) mass is 516 g/mol. The van der Waals surface area contributed by atoms with Gasteiger partial charge < -0.3 is 18.9 Å². The van der Waals surface area contributed by atoms with Crippen LogP contribution in [-0.2, 0) is 7.05 Å². The summed E-state index contributed by atoms with van der Waals surface area (Å²) < 4.78 is 25.0. The largest absolute Gasteiger partial charge is 0.493 e. The molecule has 0 N–H and O–H groups in total.